The first-order chi connectivity index (χ1) is 21.9. The van der Waals surface area contributed by atoms with E-state index in [9.17, 15) is 18.8 Å². The van der Waals surface area contributed by atoms with Gasteiger partial charge in [0.05, 0.1) is 5.25 Å². The molecule has 8 nitrogen and oxygen atoms in total. The number of rotatable bonds is 10. The summed E-state index contributed by atoms with van der Waals surface area (Å²) in [5.74, 6) is -1.45. The van der Waals surface area contributed by atoms with Crippen molar-refractivity contribution in [2.75, 3.05) is 6.61 Å². The van der Waals surface area contributed by atoms with Crippen LogP contribution in [-0.2, 0) is 19.1 Å². The van der Waals surface area contributed by atoms with Crippen LogP contribution in [0, 0.1) is 5.82 Å². The summed E-state index contributed by atoms with van der Waals surface area (Å²) in [5, 5.41) is 1.67. The van der Waals surface area contributed by atoms with Gasteiger partial charge in [-0.2, -0.15) is 0 Å². The highest BCUT2D eigenvalue weighted by Crippen LogP contribution is 2.45. The van der Waals surface area contributed by atoms with Crippen molar-refractivity contribution < 1.29 is 33.0 Å². The molecule has 0 saturated carbocycles. The third-order valence-electron chi connectivity index (χ3n) is 7.31. The number of esters is 1. The van der Waals surface area contributed by atoms with Crippen LogP contribution >= 0.6 is 11.8 Å². The summed E-state index contributed by atoms with van der Waals surface area (Å²) in [6, 6.07) is 32.0. The van der Waals surface area contributed by atoms with Crippen molar-refractivity contribution in [1.82, 2.24) is 10.2 Å². The summed E-state index contributed by atoms with van der Waals surface area (Å²) >= 11 is 1.33. The van der Waals surface area contributed by atoms with E-state index in [0.29, 0.717) is 5.75 Å². The van der Waals surface area contributed by atoms with Gasteiger partial charge in [-0.1, -0.05) is 84.9 Å². The Hall–Kier alpha value is -5.09. The van der Waals surface area contributed by atoms with Gasteiger partial charge in [-0.15, -0.1) is 11.8 Å². The molecule has 0 aliphatic carbocycles. The summed E-state index contributed by atoms with van der Waals surface area (Å²) < 4.78 is 31.8. The van der Waals surface area contributed by atoms with Crippen LogP contribution in [0.4, 0.5) is 4.39 Å². The Labute approximate surface area is 263 Å². The number of carbonyl (C=O) groups excluding carboxylic acids is 3. The lowest BCUT2D eigenvalue weighted by Gasteiger charge is -2.50. The molecule has 0 aromatic heterocycles. The van der Waals surface area contributed by atoms with Gasteiger partial charge < -0.3 is 19.5 Å². The monoisotopic (exact) mass is 624 g/mol. The van der Waals surface area contributed by atoms with Crippen molar-refractivity contribution in [1.29, 1.82) is 0 Å². The first kappa shape index (κ1) is 30.0. The van der Waals surface area contributed by atoms with Gasteiger partial charge in [0.25, 0.3) is 11.8 Å². The second-order valence-electron chi connectivity index (χ2n) is 10.4. The number of fused-ring (bicyclic) bond motifs is 1. The Morgan fingerprint density at radius 1 is 0.867 bits per heavy atom. The number of benzene rings is 4. The van der Waals surface area contributed by atoms with Crippen LogP contribution < -0.4 is 14.8 Å². The third kappa shape index (κ3) is 6.56. The Kier molecular flexibility index (Phi) is 8.84. The lowest BCUT2D eigenvalue weighted by molar-refractivity contribution is -0.155. The largest absolute Gasteiger partial charge is 0.484 e. The average Bonchev–Trinajstić information content (AvgIpc) is 3.07. The maximum Gasteiger partial charge on any atom is 0.359 e. The molecule has 1 saturated heterocycles. The molecule has 2 aliphatic rings. The molecular formula is C35H29FN2O6S. The molecule has 2 aliphatic heterocycles. The van der Waals surface area contributed by atoms with Gasteiger partial charge in [-0.05, 0) is 42.3 Å². The standard InChI is InChI=1S/C35H29FN2O6S/c1-22-31(43-27-19-11-16-25(36)20-27)30(35(41)44-32(23-12-5-2-6-13-23)24-14-7-3-8-15-24)38-33(40)29(34(38)45-22)37-28(39)21-42-26-17-9-4-10-18-26/h2-20,22,29,32,34H,21H2,1H3,(H,37,39)/t22?,29?,34-/m1/s1. The maximum absolute atomic E-state index is 14.1. The highest BCUT2D eigenvalue weighted by molar-refractivity contribution is 8.00. The van der Waals surface area contributed by atoms with E-state index in [2.05, 4.69) is 5.32 Å². The van der Waals surface area contributed by atoms with Gasteiger partial charge >= 0.3 is 5.97 Å². The molecule has 6 rings (SSSR count). The van der Waals surface area contributed by atoms with Crippen molar-refractivity contribution in [3.8, 4) is 11.5 Å². The smallest absolute Gasteiger partial charge is 0.359 e. The van der Waals surface area contributed by atoms with Crippen LogP contribution in [0.15, 0.2) is 127 Å². The number of β-lactam (4-membered cyclic amide) rings is 1. The van der Waals surface area contributed by atoms with E-state index in [-0.39, 0.29) is 23.8 Å². The first-order valence-electron chi connectivity index (χ1n) is 14.3. The van der Waals surface area contributed by atoms with Crippen molar-refractivity contribution in [2.24, 2.45) is 0 Å². The van der Waals surface area contributed by atoms with Gasteiger partial charge in [0.1, 0.15) is 34.5 Å². The van der Waals surface area contributed by atoms with Crippen LogP contribution in [0.25, 0.3) is 0 Å². The molecular weight excluding hydrogens is 595 g/mol. The van der Waals surface area contributed by atoms with Crippen LogP contribution in [0.5, 0.6) is 11.5 Å². The number of ether oxygens (including phenoxy) is 3. The number of halogens is 1. The zero-order valence-electron chi connectivity index (χ0n) is 24.2. The fraction of sp³-hybridized carbons (Fsp3) is 0.171. The van der Waals surface area contributed by atoms with Gasteiger partial charge in [0.2, 0.25) is 0 Å². The predicted molar refractivity (Wildman–Crippen MR) is 166 cm³/mol. The zero-order chi connectivity index (χ0) is 31.3. The minimum Gasteiger partial charge on any atom is -0.484 e. The van der Waals surface area contributed by atoms with Gasteiger partial charge in [0, 0.05) is 6.07 Å². The molecule has 228 valence electrons. The number of amides is 2. The molecule has 45 heavy (non-hydrogen) atoms. The predicted octanol–water partition coefficient (Wildman–Crippen LogP) is 5.62. The molecule has 2 unspecified atom stereocenters. The fourth-order valence-corrected chi connectivity index (χ4v) is 6.55. The number of hydrogen-bond donors (Lipinski definition) is 1. The van der Waals surface area contributed by atoms with E-state index in [4.69, 9.17) is 14.2 Å². The van der Waals surface area contributed by atoms with E-state index in [0.717, 1.165) is 11.1 Å². The molecule has 0 spiro atoms. The molecule has 4 aromatic carbocycles. The number of nitrogens with one attached hydrogen (secondary N) is 1. The Balaban J connectivity index is 1.29. The summed E-state index contributed by atoms with van der Waals surface area (Å²) in [7, 11) is 0. The Bertz CT molecular complexity index is 1680. The first-order valence-corrected chi connectivity index (χ1v) is 15.3. The quantitative estimate of drug-likeness (QED) is 0.181. The van der Waals surface area contributed by atoms with E-state index >= 15 is 0 Å². The molecule has 2 amide bonds. The Morgan fingerprint density at radius 3 is 2.09 bits per heavy atom. The number of hydrogen-bond acceptors (Lipinski definition) is 7. The van der Waals surface area contributed by atoms with Crippen molar-refractivity contribution in [3.63, 3.8) is 0 Å². The van der Waals surface area contributed by atoms with Gasteiger partial charge in [-0.3, -0.25) is 14.5 Å². The minimum absolute atomic E-state index is 0.0941. The lowest BCUT2D eigenvalue weighted by atomic mass is 10.0. The fourth-order valence-electron chi connectivity index (χ4n) is 5.17. The highest BCUT2D eigenvalue weighted by atomic mass is 32.2. The lowest BCUT2D eigenvalue weighted by Crippen LogP contribution is -2.71. The molecule has 0 bridgehead atoms. The summed E-state index contributed by atoms with van der Waals surface area (Å²) in [6.45, 7) is 1.53. The van der Waals surface area contributed by atoms with Crippen molar-refractivity contribution in [2.45, 2.75) is 29.7 Å². The minimum atomic E-state index is -0.901. The Morgan fingerprint density at radius 2 is 1.47 bits per heavy atom. The van der Waals surface area contributed by atoms with Crippen LogP contribution in [0.1, 0.15) is 24.2 Å². The summed E-state index contributed by atoms with van der Waals surface area (Å²) in [6.07, 6.45) is -0.784. The summed E-state index contributed by atoms with van der Waals surface area (Å²) in [4.78, 5) is 41.8. The highest BCUT2D eigenvalue weighted by Gasteiger charge is 2.57. The molecule has 0 radical (unpaired) electrons. The molecule has 2 heterocycles. The average molecular weight is 625 g/mol. The van der Waals surface area contributed by atoms with Gasteiger partial charge in [0.15, 0.2) is 18.4 Å². The van der Waals surface area contributed by atoms with E-state index in [1.165, 1.54) is 34.9 Å². The zero-order valence-corrected chi connectivity index (χ0v) is 25.0. The third-order valence-corrected chi connectivity index (χ3v) is 8.69. The van der Waals surface area contributed by atoms with Crippen molar-refractivity contribution in [3.05, 3.63) is 144 Å². The second kappa shape index (κ2) is 13.3. The van der Waals surface area contributed by atoms with Gasteiger partial charge in [-0.25, -0.2) is 9.18 Å². The SMILES string of the molecule is CC1S[C@@H]2C(NC(=O)COc3ccccc3)C(=O)N2C(C(=O)OC(c2ccccc2)c2ccccc2)=C1Oc1cccc(F)c1. The molecule has 10 heteroatoms. The van der Waals surface area contributed by atoms with Crippen molar-refractivity contribution >= 4 is 29.5 Å². The van der Waals surface area contributed by atoms with E-state index < -0.39 is 46.4 Å². The molecule has 1 N–H and O–H groups in total. The second-order valence-corrected chi connectivity index (χ2v) is 11.9. The normalized spacial score (nSPS) is 19.0. The number of carbonyl (C=O) groups is 3. The molecule has 4 aromatic rings. The van der Waals surface area contributed by atoms with Crippen LogP contribution in [-0.4, -0.2) is 46.0 Å². The van der Waals surface area contributed by atoms with E-state index in [1.54, 1.807) is 30.3 Å². The molecule has 3 atom stereocenters. The van der Waals surface area contributed by atoms with E-state index in [1.807, 2.05) is 73.7 Å². The van der Waals surface area contributed by atoms with Crippen LogP contribution in [0.2, 0.25) is 0 Å². The van der Waals surface area contributed by atoms with Crippen LogP contribution in [0.3, 0.4) is 0 Å². The summed E-state index contributed by atoms with van der Waals surface area (Å²) in [5.41, 5.74) is 1.38. The maximum atomic E-state index is 14.1. The number of thioether (sulfide) groups is 1. The molecule has 1 fully saturated rings. The number of para-hydroxylation sites is 1. The topological polar surface area (TPSA) is 94.2 Å². The number of nitrogens with zero attached hydrogens (tertiary/aromatic N) is 1.